The number of nitrogens with zero attached hydrogens (tertiary/aromatic N) is 3. The maximum atomic E-state index is 5.79. The fourth-order valence-electron chi connectivity index (χ4n) is 1.86. The fraction of sp³-hybridized carbons (Fsp3) is 0.636. The van der Waals surface area contributed by atoms with E-state index >= 15 is 0 Å². The van der Waals surface area contributed by atoms with Gasteiger partial charge in [-0.25, -0.2) is 9.97 Å². The molecule has 1 unspecified atom stereocenters. The molecule has 1 atom stereocenters. The van der Waals surface area contributed by atoms with E-state index in [1.807, 2.05) is 0 Å². The second kappa shape index (κ2) is 4.57. The van der Waals surface area contributed by atoms with E-state index in [1.165, 1.54) is 6.33 Å². The van der Waals surface area contributed by atoms with Crippen LogP contribution in [0.5, 0.6) is 5.75 Å². The summed E-state index contributed by atoms with van der Waals surface area (Å²) in [5.41, 5.74) is 0. The minimum atomic E-state index is 0.290. The van der Waals surface area contributed by atoms with Crippen molar-refractivity contribution in [2.24, 2.45) is 0 Å². The SMILES string of the molecule is CC(C)N1CCC(Oc2cncnc2)C1. The Morgan fingerprint density at radius 1 is 1.40 bits per heavy atom. The molecule has 15 heavy (non-hydrogen) atoms. The van der Waals surface area contributed by atoms with Crippen molar-refractivity contribution in [2.45, 2.75) is 32.4 Å². The van der Waals surface area contributed by atoms with Gasteiger partial charge in [0.1, 0.15) is 12.4 Å². The highest BCUT2D eigenvalue weighted by atomic mass is 16.5. The average Bonchev–Trinajstić information content (AvgIpc) is 2.68. The summed E-state index contributed by atoms with van der Waals surface area (Å²) in [7, 11) is 0. The van der Waals surface area contributed by atoms with Crippen LogP contribution < -0.4 is 4.74 Å². The summed E-state index contributed by atoms with van der Waals surface area (Å²) in [5.74, 6) is 0.771. The molecule has 4 nitrogen and oxygen atoms in total. The Morgan fingerprint density at radius 2 is 2.13 bits per heavy atom. The van der Waals surface area contributed by atoms with Crippen molar-refractivity contribution >= 4 is 0 Å². The molecule has 1 aliphatic rings. The molecule has 0 spiro atoms. The third kappa shape index (κ3) is 2.65. The van der Waals surface area contributed by atoms with Crippen LogP contribution in [0.2, 0.25) is 0 Å². The molecule has 4 heteroatoms. The molecule has 1 aromatic rings. The number of hydrogen-bond acceptors (Lipinski definition) is 4. The van der Waals surface area contributed by atoms with Crippen LogP contribution in [-0.4, -0.2) is 40.1 Å². The maximum Gasteiger partial charge on any atom is 0.156 e. The average molecular weight is 207 g/mol. The number of rotatable bonds is 3. The van der Waals surface area contributed by atoms with E-state index in [4.69, 9.17) is 4.74 Å². The van der Waals surface area contributed by atoms with E-state index in [1.54, 1.807) is 12.4 Å². The van der Waals surface area contributed by atoms with E-state index in [9.17, 15) is 0 Å². The Bertz CT molecular complexity index is 302. The summed E-state index contributed by atoms with van der Waals surface area (Å²) < 4.78 is 5.79. The standard InChI is InChI=1S/C11H17N3O/c1-9(2)14-4-3-10(7-14)15-11-5-12-8-13-6-11/h5-6,8-10H,3-4,7H2,1-2H3. The predicted octanol–water partition coefficient (Wildman–Crippen LogP) is 1.34. The summed E-state index contributed by atoms with van der Waals surface area (Å²) in [6.45, 7) is 6.56. The zero-order valence-corrected chi connectivity index (χ0v) is 9.26. The molecule has 1 aliphatic heterocycles. The highest BCUT2D eigenvalue weighted by molar-refractivity contribution is 5.11. The molecule has 82 valence electrons. The third-order valence-electron chi connectivity index (χ3n) is 2.75. The first-order chi connectivity index (χ1) is 7.25. The van der Waals surface area contributed by atoms with Gasteiger partial charge in [-0.1, -0.05) is 0 Å². The molecule has 0 aromatic carbocycles. The topological polar surface area (TPSA) is 38.2 Å². The first-order valence-corrected chi connectivity index (χ1v) is 5.41. The lowest BCUT2D eigenvalue weighted by atomic mass is 10.3. The number of likely N-dealkylation sites (tertiary alicyclic amines) is 1. The highest BCUT2D eigenvalue weighted by Gasteiger charge is 2.25. The quantitative estimate of drug-likeness (QED) is 0.749. The molecule has 0 bridgehead atoms. The molecule has 1 saturated heterocycles. The molecular formula is C11H17N3O. The molecular weight excluding hydrogens is 190 g/mol. The van der Waals surface area contributed by atoms with Gasteiger partial charge in [-0.3, -0.25) is 4.90 Å². The van der Waals surface area contributed by atoms with Crippen molar-refractivity contribution in [2.75, 3.05) is 13.1 Å². The Morgan fingerprint density at radius 3 is 2.73 bits per heavy atom. The molecule has 1 aromatic heterocycles. The van der Waals surface area contributed by atoms with E-state index < -0.39 is 0 Å². The Balaban J connectivity index is 1.88. The largest absolute Gasteiger partial charge is 0.486 e. The van der Waals surface area contributed by atoms with E-state index in [-0.39, 0.29) is 0 Å². The van der Waals surface area contributed by atoms with Crippen LogP contribution in [0.15, 0.2) is 18.7 Å². The van der Waals surface area contributed by atoms with Gasteiger partial charge in [-0.2, -0.15) is 0 Å². The lowest BCUT2D eigenvalue weighted by molar-refractivity contribution is 0.186. The van der Waals surface area contributed by atoms with Gasteiger partial charge in [0.05, 0.1) is 12.4 Å². The lowest BCUT2D eigenvalue weighted by Crippen LogP contribution is -2.30. The number of ether oxygens (including phenoxy) is 1. The van der Waals surface area contributed by atoms with E-state index in [2.05, 4.69) is 28.7 Å². The zero-order chi connectivity index (χ0) is 10.7. The second-order valence-corrected chi connectivity index (χ2v) is 4.19. The maximum absolute atomic E-state index is 5.79. The molecule has 2 heterocycles. The summed E-state index contributed by atoms with van der Waals surface area (Å²) in [4.78, 5) is 10.3. The zero-order valence-electron chi connectivity index (χ0n) is 9.26. The van der Waals surface area contributed by atoms with Gasteiger partial charge in [-0.15, -0.1) is 0 Å². The first kappa shape index (κ1) is 10.4. The van der Waals surface area contributed by atoms with E-state index in [0.717, 1.165) is 25.3 Å². The van der Waals surface area contributed by atoms with Gasteiger partial charge in [0, 0.05) is 19.1 Å². The van der Waals surface area contributed by atoms with Crippen molar-refractivity contribution < 1.29 is 4.74 Å². The summed E-state index contributed by atoms with van der Waals surface area (Å²) in [5, 5.41) is 0. The summed E-state index contributed by atoms with van der Waals surface area (Å²) in [6.07, 6.45) is 6.32. The monoisotopic (exact) mass is 207 g/mol. The van der Waals surface area contributed by atoms with Crippen LogP contribution in [-0.2, 0) is 0 Å². The van der Waals surface area contributed by atoms with Crippen molar-refractivity contribution in [3.63, 3.8) is 0 Å². The van der Waals surface area contributed by atoms with Crippen molar-refractivity contribution in [3.05, 3.63) is 18.7 Å². The van der Waals surface area contributed by atoms with Gasteiger partial charge < -0.3 is 4.74 Å². The van der Waals surface area contributed by atoms with Crippen molar-refractivity contribution in [1.82, 2.24) is 14.9 Å². The number of hydrogen-bond donors (Lipinski definition) is 0. The molecule has 0 saturated carbocycles. The molecule has 1 fully saturated rings. The lowest BCUT2D eigenvalue weighted by Gasteiger charge is -2.20. The smallest absolute Gasteiger partial charge is 0.156 e. The van der Waals surface area contributed by atoms with Gasteiger partial charge in [0.2, 0.25) is 0 Å². The van der Waals surface area contributed by atoms with Gasteiger partial charge in [-0.05, 0) is 20.3 Å². The molecule has 0 radical (unpaired) electrons. The summed E-state index contributed by atoms with van der Waals surface area (Å²) in [6, 6.07) is 0.602. The van der Waals surface area contributed by atoms with Gasteiger partial charge in [0.15, 0.2) is 5.75 Å². The van der Waals surface area contributed by atoms with Crippen molar-refractivity contribution in [1.29, 1.82) is 0 Å². The Kier molecular flexibility index (Phi) is 3.16. The van der Waals surface area contributed by atoms with Crippen LogP contribution in [0.4, 0.5) is 0 Å². The molecule has 0 amide bonds. The minimum Gasteiger partial charge on any atom is -0.486 e. The van der Waals surface area contributed by atoms with Crippen molar-refractivity contribution in [3.8, 4) is 5.75 Å². The third-order valence-corrected chi connectivity index (χ3v) is 2.75. The van der Waals surface area contributed by atoms with Crippen LogP contribution in [0, 0.1) is 0 Å². The number of aromatic nitrogens is 2. The minimum absolute atomic E-state index is 0.290. The van der Waals surface area contributed by atoms with E-state index in [0.29, 0.717) is 12.1 Å². The fourth-order valence-corrected chi connectivity index (χ4v) is 1.86. The molecule has 0 aliphatic carbocycles. The Labute approximate surface area is 90.3 Å². The van der Waals surface area contributed by atoms with Gasteiger partial charge >= 0.3 is 0 Å². The van der Waals surface area contributed by atoms with Crippen LogP contribution in [0.3, 0.4) is 0 Å². The van der Waals surface area contributed by atoms with Crippen LogP contribution in [0.1, 0.15) is 20.3 Å². The van der Waals surface area contributed by atoms with Crippen LogP contribution >= 0.6 is 0 Å². The second-order valence-electron chi connectivity index (χ2n) is 4.19. The normalized spacial score (nSPS) is 22.2. The van der Waals surface area contributed by atoms with Crippen LogP contribution in [0.25, 0.3) is 0 Å². The van der Waals surface area contributed by atoms with Gasteiger partial charge in [0.25, 0.3) is 0 Å². The molecule has 0 N–H and O–H groups in total. The molecule has 2 rings (SSSR count). The Hall–Kier alpha value is -1.16. The highest BCUT2D eigenvalue weighted by Crippen LogP contribution is 2.17. The predicted molar refractivity (Wildman–Crippen MR) is 57.8 cm³/mol. The summed E-state index contributed by atoms with van der Waals surface area (Å²) >= 11 is 0. The first-order valence-electron chi connectivity index (χ1n) is 5.41.